The Bertz CT molecular complexity index is 682. The number of rotatable bonds is 8. The van der Waals surface area contributed by atoms with Crippen molar-refractivity contribution in [3.63, 3.8) is 0 Å². The first kappa shape index (κ1) is 18.6. The predicted molar refractivity (Wildman–Crippen MR) is 97.1 cm³/mol. The molecule has 5 nitrogen and oxygen atoms in total. The van der Waals surface area contributed by atoms with E-state index in [1.165, 1.54) is 0 Å². The quantitative estimate of drug-likeness (QED) is 0.796. The summed E-state index contributed by atoms with van der Waals surface area (Å²) in [4.78, 5) is 12.2. The Morgan fingerprint density at radius 2 is 1.64 bits per heavy atom. The smallest absolute Gasteiger partial charge is 0.261 e. The lowest BCUT2D eigenvalue weighted by molar-refractivity contribution is -0.127. The van der Waals surface area contributed by atoms with E-state index in [-0.39, 0.29) is 12.0 Å². The molecule has 0 aliphatic carbocycles. The van der Waals surface area contributed by atoms with E-state index >= 15 is 0 Å². The summed E-state index contributed by atoms with van der Waals surface area (Å²) in [5.41, 5.74) is 0.975. The highest BCUT2D eigenvalue weighted by Crippen LogP contribution is 2.18. The highest BCUT2D eigenvalue weighted by Gasteiger charge is 2.14. The predicted octanol–water partition coefficient (Wildman–Crippen LogP) is 3.57. The zero-order chi connectivity index (χ0) is 18.2. The molecule has 2 aromatic rings. The minimum Gasteiger partial charge on any atom is -0.497 e. The third kappa shape index (κ3) is 6.03. The number of carbonyl (C=O) groups excluding carboxylic acids is 1. The number of hydrogen-bond acceptors (Lipinski definition) is 4. The fourth-order valence-corrected chi connectivity index (χ4v) is 2.25. The van der Waals surface area contributed by atoms with Gasteiger partial charge in [0, 0.05) is 6.54 Å². The van der Waals surface area contributed by atoms with Gasteiger partial charge in [0.1, 0.15) is 17.2 Å². The number of benzene rings is 2. The van der Waals surface area contributed by atoms with Gasteiger partial charge in [0.2, 0.25) is 0 Å². The molecule has 0 saturated carbocycles. The van der Waals surface area contributed by atoms with E-state index in [1.54, 1.807) is 38.3 Å². The number of methoxy groups -OCH3 is 1. The normalized spacial score (nSPS) is 11.7. The second-order valence-electron chi connectivity index (χ2n) is 5.97. The number of carbonyl (C=O) groups is 1. The lowest BCUT2D eigenvalue weighted by atomic mass is 10.2. The topological polar surface area (TPSA) is 56.8 Å². The van der Waals surface area contributed by atoms with Gasteiger partial charge in [-0.2, -0.15) is 0 Å². The van der Waals surface area contributed by atoms with Crippen molar-refractivity contribution in [3.8, 4) is 17.2 Å². The Kier molecular flexibility index (Phi) is 6.69. The summed E-state index contributed by atoms with van der Waals surface area (Å²) in [6.45, 7) is 6.10. The molecule has 1 atom stereocenters. The summed E-state index contributed by atoms with van der Waals surface area (Å²) in [5.74, 6) is 1.99. The molecule has 0 aliphatic heterocycles. The Morgan fingerprint density at radius 1 is 0.960 bits per heavy atom. The van der Waals surface area contributed by atoms with E-state index in [0.717, 1.165) is 17.1 Å². The van der Waals surface area contributed by atoms with Gasteiger partial charge in [0.25, 0.3) is 5.91 Å². The van der Waals surface area contributed by atoms with E-state index in [9.17, 15) is 4.79 Å². The molecule has 25 heavy (non-hydrogen) atoms. The third-order valence-electron chi connectivity index (χ3n) is 3.48. The lowest BCUT2D eigenvalue weighted by Gasteiger charge is -2.15. The molecule has 1 N–H and O–H groups in total. The van der Waals surface area contributed by atoms with Crippen LogP contribution in [0.2, 0.25) is 0 Å². The van der Waals surface area contributed by atoms with E-state index < -0.39 is 6.10 Å². The largest absolute Gasteiger partial charge is 0.497 e. The van der Waals surface area contributed by atoms with E-state index in [1.807, 2.05) is 38.1 Å². The van der Waals surface area contributed by atoms with Crippen molar-refractivity contribution in [2.24, 2.45) is 0 Å². The molecule has 0 bridgehead atoms. The Morgan fingerprint density at radius 3 is 2.28 bits per heavy atom. The Balaban J connectivity index is 1.86. The maximum atomic E-state index is 12.2. The van der Waals surface area contributed by atoms with E-state index in [0.29, 0.717) is 12.3 Å². The molecule has 0 saturated heterocycles. The highest BCUT2D eigenvalue weighted by atomic mass is 16.5. The van der Waals surface area contributed by atoms with Crippen LogP contribution < -0.4 is 19.5 Å². The van der Waals surface area contributed by atoms with Crippen molar-refractivity contribution < 1.29 is 19.0 Å². The molecular formula is C20H25NO4. The third-order valence-corrected chi connectivity index (χ3v) is 3.48. The molecule has 0 heterocycles. The van der Waals surface area contributed by atoms with Crippen LogP contribution in [0, 0.1) is 0 Å². The van der Waals surface area contributed by atoms with Crippen LogP contribution in [0.5, 0.6) is 17.2 Å². The zero-order valence-corrected chi connectivity index (χ0v) is 15.1. The number of amides is 1. The lowest BCUT2D eigenvalue weighted by Crippen LogP contribution is -2.35. The maximum Gasteiger partial charge on any atom is 0.261 e. The summed E-state index contributed by atoms with van der Waals surface area (Å²) in [6, 6.07) is 14.8. The van der Waals surface area contributed by atoms with Gasteiger partial charge < -0.3 is 19.5 Å². The van der Waals surface area contributed by atoms with Crippen molar-refractivity contribution in [2.45, 2.75) is 39.5 Å². The summed E-state index contributed by atoms with van der Waals surface area (Å²) in [6.07, 6.45) is -0.480. The molecule has 0 unspecified atom stereocenters. The molecule has 0 radical (unpaired) electrons. The van der Waals surface area contributed by atoms with Crippen molar-refractivity contribution >= 4 is 5.91 Å². The summed E-state index contributed by atoms with van der Waals surface area (Å²) in [5, 5.41) is 2.88. The molecular weight excluding hydrogens is 318 g/mol. The molecule has 2 aromatic carbocycles. The molecule has 1 amide bonds. The van der Waals surface area contributed by atoms with E-state index in [2.05, 4.69) is 5.32 Å². The van der Waals surface area contributed by atoms with Crippen LogP contribution in [0.1, 0.15) is 26.3 Å². The molecule has 0 spiro atoms. The van der Waals surface area contributed by atoms with Crippen LogP contribution in [-0.4, -0.2) is 25.2 Å². The summed E-state index contributed by atoms with van der Waals surface area (Å²) in [7, 11) is 1.60. The zero-order valence-electron chi connectivity index (χ0n) is 15.1. The van der Waals surface area contributed by atoms with Crippen molar-refractivity contribution in [1.82, 2.24) is 5.32 Å². The minimum absolute atomic E-state index is 0.114. The minimum atomic E-state index is -0.594. The SMILES string of the molecule is COc1ccc(O[C@@H](C)C(=O)NCc2cccc(OC(C)C)c2)cc1. The second kappa shape index (κ2) is 8.97. The van der Waals surface area contributed by atoms with Gasteiger partial charge >= 0.3 is 0 Å². The average Bonchev–Trinajstić information content (AvgIpc) is 2.60. The van der Waals surface area contributed by atoms with Crippen LogP contribution in [0.15, 0.2) is 48.5 Å². The summed E-state index contributed by atoms with van der Waals surface area (Å²) < 4.78 is 16.4. The van der Waals surface area contributed by atoms with E-state index in [4.69, 9.17) is 14.2 Å². The van der Waals surface area contributed by atoms with Crippen molar-refractivity contribution in [3.05, 3.63) is 54.1 Å². The van der Waals surface area contributed by atoms with Crippen LogP contribution in [0.25, 0.3) is 0 Å². The standard InChI is InChI=1S/C20H25NO4/c1-14(2)24-19-7-5-6-16(12-19)13-21-20(22)15(3)25-18-10-8-17(23-4)9-11-18/h5-12,14-15H,13H2,1-4H3,(H,21,22)/t15-/m0/s1. The fourth-order valence-electron chi connectivity index (χ4n) is 2.25. The van der Waals surface area contributed by atoms with Gasteiger partial charge in [-0.05, 0) is 62.7 Å². The Labute approximate surface area is 148 Å². The number of ether oxygens (including phenoxy) is 3. The fraction of sp³-hybridized carbons (Fsp3) is 0.350. The van der Waals surface area contributed by atoms with Gasteiger partial charge in [-0.3, -0.25) is 4.79 Å². The second-order valence-corrected chi connectivity index (χ2v) is 5.97. The first-order chi connectivity index (χ1) is 12.0. The van der Waals surface area contributed by atoms with Crippen LogP contribution in [0.4, 0.5) is 0 Å². The van der Waals surface area contributed by atoms with Crippen molar-refractivity contribution in [1.29, 1.82) is 0 Å². The summed E-state index contributed by atoms with van der Waals surface area (Å²) >= 11 is 0. The first-order valence-corrected chi connectivity index (χ1v) is 8.32. The van der Waals surface area contributed by atoms with Crippen LogP contribution in [0.3, 0.4) is 0 Å². The monoisotopic (exact) mass is 343 g/mol. The Hall–Kier alpha value is -2.69. The molecule has 0 aromatic heterocycles. The van der Waals surface area contributed by atoms with Gasteiger partial charge in [-0.15, -0.1) is 0 Å². The van der Waals surface area contributed by atoms with Gasteiger partial charge in [-0.25, -0.2) is 0 Å². The van der Waals surface area contributed by atoms with Gasteiger partial charge in [0.05, 0.1) is 13.2 Å². The number of hydrogen-bond donors (Lipinski definition) is 1. The maximum absolute atomic E-state index is 12.2. The van der Waals surface area contributed by atoms with Gasteiger partial charge in [-0.1, -0.05) is 12.1 Å². The molecule has 134 valence electrons. The molecule has 2 rings (SSSR count). The van der Waals surface area contributed by atoms with Crippen LogP contribution in [-0.2, 0) is 11.3 Å². The van der Waals surface area contributed by atoms with Crippen LogP contribution >= 0.6 is 0 Å². The van der Waals surface area contributed by atoms with Crippen molar-refractivity contribution in [2.75, 3.05) is 7.11 Å². The van der Waals surface area contributed by atoms with Gasteiger partial charge in [0.15, 0.2) is 6.10 Å². The molecule has 5 heteroatoms. The highest BCUT2D eigenvalue weighted by molar-refractivity contribution is 5.80. The first-order valence-electron chi connectivity index (χ1n) is 8.32. The number of nitrogens with one attached hydrogen (secondary N) is 1. The average molecular weight is 343 g/mol. The molecule has 0 fully saturated rings. The molecule has 0 aliphatic rings.